The van der Waals surface area contributed by atoms with Crippen molar-refractivity contribution in [2.75, 3.05) is 26.1 Å². The lowest BCUT2D eigenvalue weighted by molar-refractivity contribution is -0.117. The van der Waals surface area contributed by atoms with Crippen LogP contribution in [0.1, 0.15) is 19.8 Å². The molecule has 0 unspecified atom stereocenters. The molecule has 1 aromatic rings. The van der Waals surface area contributed by atoms with Gasteiger partial charge in [-0.05, 0) is 18.6 Å². The molecule has 0 aliphatic carbocycles. The van der Waals surface area contributed by atoms with Crippen LogP contribution in [0.5, 0.6) is 11.5 Å². The maximum absolute atomic E-state index is 11.8. The first-order valence-electron chi connectivity index (χ1n) is 7.03. The number of rotatable bonds is 8. The zero-order chi connectivity index (χ0) is 16.4. The van der Waals surface area contributed by atoms with Gasteiger partial charge in [-0.1, -0.05) is 13.3 Å². The van der Waals surface area contributed by atoms with Gasteiger partial charge in [0.15, 0.2) is 0 Å². The number of nitrogens with zero attached hydrogens (tertiary/aromatic N) is 1. The quantitative estimate of drug-likeness (QED) is 0.438. The summed E-state index contributed by atoms with van der Waals surface area (Å²) in [4.78, 5) is 11.8. The van der Waals surface area contributed by atoms with Gasteiger partial charge in [0.05, 0.1) is 19.9 Å². The van der Waals surface area contributed by atoms with Gasteiger partial charge in [0, 0.05) is 18.8 Å². The average Bonchev–Trinajstić information content (AvgIpc) is 2.55. The number of methoxy groups -OCH3 is 2. The van der Waals surface area contributed by atoms with Crippen LogP contribution in [0.4, 0.5) is 5.69 Å². The van der Waals surface area contributed by atoms with E-state index in [4.69, 9.17) is 14.7 Å². The van der Waals surface area contributed by atoms with Crippen molar-refractivity contribution in [3.63, 3.8) is 0 Å². The number of unbranched alkanes of at least 4 members (excludes halogenated alkanes) is 1. The Hall–Kier alpha value is -2.68. The number of benzene rings is 1. The van der Waals surface area contributed by atoms with Gasteiger partial charge in [0.25, 0.3) is 5.91 Å². The van der Waals surface area contributed by atoms with Crippen LogP contribution >= 0.6 is 0 Å². The molecule has 0 aliphatic heterocycles. The van der Waals surface area contributed by atoms with E-state index in [1.165, 1.54) is 13.3 Å². The second kappa shape index (κ2) is 9.29. The molecule has 22 heavy (non-hydrogen) atoms. The number of carbonyl (C=O) groups excluding carboxylic acids is 1. The van der Waals surface area contributed by atoms with Crippen LogP contribution in [0.2, 0.25) is 0 Å². The number of amides is 1. The number of carbonyl (C=O) groups is 1. The number of hydrogen-bond donors (Lipinski definition) is 2. The fourth-order valence-corrected chi connectivity index (χ4v) is 1.69. The summed E-state index contributed by atoms with van der Waals surface area (Å²) in [6.07, 6.45) is 3.23. The highest BCUT2D eigenvalue weighted by Crippen LogP contribution is 2.29. The number of nitriles is 1. The number of hydrogen-bond acceptors (Lipinski definition) is 5. The fraction of sp³-hybridized carbons (Fsp3) is 0.375. The highest BCUT2D eigenvalue weighted by Gasteiger charge is 2.09. The SMILES string of the molecule is CCCCNC(=O)/C(C#N)=C\Nc1ccc(OC)cc1OC. The van der Waals surface area contributed by atoms with Crippen molar-refractivity contribution in [1.82, 2.24) is 5.32 Å². The zero-order valence-electron chi connectivity index (χ0n) is 13.1. The summed E-state index contributed by atoms with van der Waals surface area (Å²) < 4.78 is 10.4. The first-order chi connectivity index (χ1) is 10.7. The number of anilines is 1. The summed E-state index contributed by atoms with van der Waals surface area (Å²) in [7, 11) is 3.10. The maximum atomic E-state index is 11.8. The minimum absolute atomic E-state index is 0.00831. The molecule has 0 saturated heterocycles. The van der Waals surface area contributed by atoms with Gasteiger partial charge in [0.2, 0.25) is 0 Å². The Labute approximate surface area is 130 Å². The molecule has 0 heterocycles. The Kier molecular flexibility index (Phi) is 7.34. The van der Waals surface area contributed by atoms with Gasteiger partial charge >= 0.3 is 0 Å². The van der Waals surface area contributed by atoms with Crippen molar-refractivity contribution in [1.29, 1.82) is 5.26 Å². The molecule has 0 bridgehead atoms. The molecular formula is C16H21N3O3. The van der Waals surface area contributed by atoms with Crippen molar-refractivity contribution in [2.45, 2.75) is 19.8 Å². The highest BCUT2D eigenvalue weighted by molar-refractivity contribution is 5.97. The lowest BCUT2D eigenvalue weighted by atomic mass is 10.2. The van der Waals surface area contributed by atoms with Crippen LogP contribution in [-0.4, -0.2) is 26.7 Å². The van der Waals surface area contributed by atoms with E-state index in [-0.39, 0.29) is 5.57 Å². The Morgan fingerprint density at radius 3 is 2.73 bits per heavy atom. The molecule has 118 valence electrons. The molecule has 0 saturated carbocycles. The normalized spacial score (nSPS) is 10.5. The predicted molar refractivity (Wildman–Crippen MR) is 84.8 cm³/mol. The predicted octanol–water partition coefficient (Wildman–Crippen LogP) is 2.44. The molecule has 0 atom stereocenters. The second-order valence-corrected chi connectivity index (χ2v) is 4.49. The molecule has 0 spiro atoms. The zero-order valence-corrected chi connectivity index (χ0v) is 13.1. The average molecular weight is 303 g/mol. The summed E-state index contributed by atoms with van der Waals surface area (Å²) >= 11 is 0. The smallest absolute Gasteiger partial charge is 0.263 e. The van der Waals surface area contributed by atoms with Crippen molar-refractivity contribution < 1.29 is 14.3 Å². The van der Waals surface area contributed by atoms with E-state index in [9.17, 15) is 4.79 Å². The van der Waals surface area contributed by atoms with E-state index in [0.29, 0.717) is 23.7 Å². The summed E-state index contributed by atoms with van der Waals surface area (Å²) in [6.45, 7) is 2.59. The van der Waals surface area contributed by atoms with Gasteiger partial charge in [-0.2, -0.15) is 5.26 Å². The van der Waals surface area contributed by atoms with E-state index in [0.717, 1.165) is 12.8 Å². The second-order valence-electron chi connectivity index (χ2n) is 4.49. The molecule has 1 aromatic carbocycles. The molecule has 1 rings (SSSR count). The van der Waals surface area contributed by atoms with E-state index in [1.54, 1.807) is 25.3 Å². The third kappa shape index (κ3) is 5.02. The number of ether oxygens (including phenoxy) is 2. The van der Waals surface area contributed by atoms with Crippen LogP contribution in [0, 0.1) is 11.3 Å². The van der Waals surface area contributed by atoms with Crippen molar-refractivity contribution in [3.05, 3.63) is 30.0 Å². The van der Waals surface area contributed by atoms with Crippen LogP contribution in [0.15, 0.2) is 30.0 Å². The van der Waals surface area contributed by atoms with Crippen LogP contribution < -0.4 is 20.1 Å². The molecule has 1 amide bonds. The molecule has 0 radical (unpaired) electrons. The molecule has 6 nitrogen and oxygen atoms in total. The Bertz CT molecular complexity index is 576. The van der Waals surface area contributed by atoms with E-state index >= 15 is 0 Å². The standard InChI is InChI=1S/C16H21N3O3/c1-4-5-8-18-16(20)12(10-17)11-19-14-7-6-13(21-2)9-15(14)22-3/h6-7,9,11,19H,4-5,8H2,1-3H3,(H,18,20)/b12-11-. The van der Waals surface area contributed by atoms with Gasteiger partial charge < -0.3 is 20.1 Å². The lowest BCUT2D eigenvalue weighted by Crippen LogP contribution is -2.25. The topological polar surface area (TPSA) is 83.4 Å². The molecular weight excluding hydrogens is 282 g/mol. The van der Waals surface area contributed by atoms with E-state index in [2.05, 4.69) is 10.6 Å². The van der Waals surface area contributed by atoms with Crippen molar-refractivity contribution in [3.8, 4) is 17.6 Å². The Balaban J connectivity index is 2.80. The fourth-order valence-electron chi connectivity index (χ4n) is 1.69. The highest BCUT2D eigenvalue weighted by atomic mass is 16.5. The van der Waals surface area contributed by atoms with Crippen LogP contribution in [0.3, 0.4) is 0 Å². The third-order valence-corrected chi connectivity index (χ3v) is 2.96. The monoisotopic (exact) mass is 303 g/mol. The summed E-state index contributed by atoms with van der Waals surface area (Å²) in [6, 6.07) is 7.10. The summed E-state index contributed by atoms with van der Waals surface area (Å²) in [5, 5.41) is 14.7. The first-order valence-corrected chi connectivity index (χ1v) is 7.03. The van der Waals surface area contributed by atoms with Crippen LogP contribution in [-0.2, 0) is 4.79 Å². The maximum Gasteiger partial charge on any atom is 0.263 e. The molecule has 2 N–H and O–H groups in total. The minimum Gasteiger partial charge on any atom is -0.497 e. The van der Waals surface area contributed by atoms with Gasteiger partial charge in [-0.15, -0.1) is 0 Å². The minimum atomic E-state index is -0.393. The lowest BCUT2D eigenvalue weighted by Gasteiger charge is -2.10. The summed E-state index contributed by atoms with van der Waals surface area (Å²) in [5.41, 5.74) is 0.645. The summed E-state index contributed by atoms with van der Waals surface area (Å²) in [5.74, 6) is 0.819. The van der Waals surface area contributed by atoms with Gasteiger partial charge in [0.1, 0.15) is 23.1 Å². The largest absolute Gasteiger partial charge is 0.497 e. The molecule has 0 aliphatic rings. The van der Waals surface area contributed by atoms with E-state index in [1.807, 2.05) is 13.0 Å². The Morgan fingerprint density at radius 2 is 2.14 bits per heavy atom. The first kappa shape index (κ1) is 17.4. The molecule has 0 fully saturated rings. The molecule has 0 aromatic heterocycles. The van der Waals surface area contributed by atoms with Crippen molar-refractivity contribution in [2.24, 2.45) is 0 Å². The van der Waals surface area contributed by atoms with Gasteiger partial charge in [-0.25, -0.2) is 0 Å². The molecule has 6 heteroatoms. The van der Waals surface area contributed by atoms with Crippen LogP contribution in [0.25, 0.3) is 0 Å². The Morgan fingerprint density at radius 1 is 1.36 bits per heavy atom. The van der Waals surface area contributed by atoms with Crippen molar-refractivity contribution >= 4 is 11.6 Å². The third-order valence-electron chi connectivity index (χ3n) is 2.96. The van der Waals surface area contributed by atoms with E-state index < -0.39 is 5.91 Å². The van der Waals surface area contributed by atoms with Gasteiger partial charge in [-0.3, -0.25) is 4.79 Å². The number of nitrogens with one attached hydrogen (secondary N) is 2.